The second-order valence-electron chi connectivity index (χ2n) is 7.31. The number of Topliss-reactive ketones (excluding diaryl/α,β-unsaturated/α-hetero) is 1. The fraction of sp³-hybridized carbons (Fsp3) is 0.167. The van der Waals surface area contributed by atoms with E-state index in [1.165, 1.54) is 0 Å². The number of halogens is 1. The quantitative estimate of drug-likeness (QED) is 0.396. The van der Waals surface area contributed by atoms with Gasteiger partial charge in [-0.2, -0.15) is 0 Å². The predicted molar refractivity (Wildman–Crippen MR) is 119 cm³/mol. The fourth-order valence-electron chi connectivity index (χ4n) is 3.43. The summed E-state index contributed by atoms with van der Waals surface area (Å²) in [6.45, 7) is 4.59. The summed E-state index contributed by atoms with van der Waals surface area (Å²) in [5.41, 5.74) is 6.57. The molecular weight excluding hydrogens is 382 g/mol. The Morgan fingerprint density at radius 2 is 2.00 bits per heavy atom. The van der Waals surface area contributed by atoms with Gasteiger partial charge in [0.15, 0.2) is 5.78 Å². The third-order valence-corrected chi connectivity index (χ3v) is 5.52. The summed E-state index contributed by atoms with van der Waals surface area (Å²) in [6, 6.07) is 15.8. The standard InChI is InChI=1S/C24H22ClN3O/c1-15-4-3-5-17(10-15)11-22(29)18-7-6-16(2)21(12-18)27-13-19-14-28-24-20(23(19)25)8-9-26-24/h3-10,12,14,27H,11,13H2,1-2H3,(H,26,28). The van der Waals surface area contributed by atoms with E-state index in [4.69, 9.17) is 11.6 Å². The molecule has 0 saturated carbocycles. The molecule has 0 spiro atoms. The molecule has 0 fully saturated rings. The fourth-order valence-corrected chi connectivity index (χ4v) is 3.69. The molecule has 4 rings (SSSR count). The molecule has 5 heteroatoms. The third kappa shape index (κ3) is 4.17. The van der Waals surface area contributed by atoms with Crippen molar-refractivity contribution in [3.05, 3.63) is 93.8 Å². The number of hydrogen-bond donors (Lipinski definition) is 2. The molecule has 2 heterocycles. The van der Waals surface area contributed by atoms with Crippen molar-refractivity contribution in [2.24, 2.45) is 0 Å². The van der Waals surface area contributed by atoms with E-state index >= 15 is 0 Å². The number of aromatic amines is 1. The molecule has 29 heavy (non-hydrogen) atoms. The highest BCUT2D eigenvalue weighted by Gasteiger charge is 2.11. The minimum atomic E-state index is 0.104. The molecule has 0 aliphatic carbocycles. The van der Waals surface area contributed by atoms with Gasteiger partial charge >= 0.3 is 0 Å². The van der Waals surface area contributed by atoms with Crippen LogP contribution in [0.5, 0.6) is 0 Å². The van der Waals surface area contributed by atoms with Crippen LogP contribution in [0.15, 0.2) is 60.9 Å². The Bertz CT molecular complexity index is 1200. The topological polar surface area (TPSA) is 57.8 Å². The van der Waals surface area contributed by atoms with E-state index in [9.17, 15) is 4.79 Å². The van der Waals surface area contributed by atoms with Crippen molar-refractivity contribution >= 4 is 34.1 Å². The molecule has 0 bridgehead atoms. The largest absolute Gasteiger partial charge is 0.381 e. The first-order valence-electron chi connectivity index (χ1n) is 9.55. The first kappa shape index (κ1) is 19.2. The van der Waals surface area contributed by atoms with E-state index in [-0.39, 0.29) is 5.78 Å². The lowest BCUT2D eigenvalue weighted by atomic mass is 10.00. The minimum absolute atomic E-state index is 0.104. The van der Waals surface area contributed by atoms with Crippen LogP contribution in [-0.2, 0) is 13.0 Å². The summed E-state index contributed by atoms with van der Waals surface area (Å²) in [5, 5.41) is 5.00. The van der Waals surface area contributed by atoms with Crippen LogP contribution < -0.4 is 5.32 Å². The van der Waals surface area contributed by atoms with Crippen LogP contribution in [0.3, 0.4) is 0 Å². The average Bonchev–Trinajstić information content (AvgIpc) is 3.18. The molecule has 0 aliphatic rings. The molecule has 0 aliphatic heterocycles. The Labute approximate surface area is 174 Å². The van der Waals surface area contributed by atoms with Gasteiger partial charge in [0.2, 0.25) is 0 Å². The molecule has 0 saturated heterocycles. The SMILES string of the molecule is Cc1cccc(CC(=O)c2ccc(C)c(NCc3cnc4[nH]ccc4c3Cl)c2)c1. The van der Waals surface area contributed by atoms with Gasteiger partial charge in [-0.1, -0.05) is 53.6 Å². The highest BCUT2D eigenvalue weighted by Crippen LogP contribution is 2.26. The Morgan fingerprint density at radius 1 is 1.14 bits per heavy atom. The van der Waals surface area contributed by atoms with Crippen molar-refractivity contribution in [1.29, 1.82) is 0 Å². The summed E-state index contributed by atoms with van der Waals surface area (Å²) in [4.78, 5) is 20.2. The first-order valence-corrected chi connectivity index (χ1v) is 9.93. The number of rotatable bonds is 6. The average molecular weight is 404 g/mol. The molecule has 2 aromatic carbocycles. The monoisotopic (exact) mass is 403 g/mol. The number of carbonyl (C=O) groups is 1. The van der Waals surface area contributed by atoms with E-state index in [1.54, 1.807) is 6.20 Å². The molecule has 0 amide bonds. The first-order chi connectivity index (χ1) is 14.0. The third-order valence-electron chi connectivity index (χ3n) is 5.07. The zero-order chi connectivity index (χ0) is 20.4. The molecule has 146 valence electrons. The number of nitrogens with one attached hydrogen (secondary N) is 2. The number of carbonyl (C=O) groups excluding carboxylic acids is 1. The number of benzene rings is 2. The molecule has 2 N–H and O–H groups in total. The van der Waals surface area contributed by atoms with Gasteiger partial charge in [0.25, 0.3) is 0 Å². The maximum absolute atomic E-state index is 12.8. The normalized spacial score (nSPS) is 11.0. The molecular formula is C24H22ClN3O. The summed E-state index contributed by atoms with van der Waals surface area (Å²) in [6.07, 6.45) is 3.99. The lowest BCUT2D eigenvalue weighted by Gasteiger charge is -2.13. The lowest BCUT2D eigenvalue weighted by Crippen LogP contribution is -2.07. The van der Waals surface area contributed by atoms with E-state index < -0.39 is 0 Å². The Balaban J connectivity index is 1.52. The van der Waals surface area contributed by atoms with Gasteiger partial charge in [-0.3, -0.25) is 4.79 Å². The number of aromatic nitrogens is 2. The maximum Gasteiger partial charge on any atom is 0.167 e. The van der Waals surface area contributed by atoms with E-state index in [0.717, 1.165) is 39.0 Å². The molecule has 0 unspecified atom stereocenters. The second kappa shape index (κ2) is 8.10. The highest BCUT2D eigenvalue weighted by molar-refractivity contribution is 6.36. The number of nitrogens with zero attached hydrogens (tertiary/aromatic N) is 1. The number of fused-ring (bicyclic) bond motifs is 1. The van der Waals surface area contributed by atoms with Crippen molar-refractivity contribution in [2.75, 3.05) is 5.32 Å². The summed E-state index contributed by atoms with van der Waals surface area (Å²) in [5.74, 6) is 0.104. The lowest BCUT2D eigenvalue weighted by molar-refractivity contribution is 0.0993. The van der Waals surface area contributed by atoms with Crippen LogP contribution in [0.25, 0.3) is 11.0 Å². The van der Waals surface area contributed by atoms with Crippen LogP contribution in [0.2, 0.25) is 5.02 Å². The molecule has 0 atom stereocenters. The van der Waals surface area contributed by atoms with Crippen LogP contribution in [0.4, 0.5) is 5.69 Å². The number of H-pyrrole nitrogens is 1. The molecule has 0 radical (unpaired) electrons. The van der Waals surface area contributed by atoms with E-state index in [2.05, 4.69) is 21.4 Å². The zero-order valence-corrected chi connectivity index (χ0v) is 17.2. The Hall–Kier alpha value is -3.11. The number of anilines is 1. The van der Waals surface area contributed by atoms with Gasteiger partial charge in [-0.25, -0.2) is 4.98 Å². The molecule has 2 aromatic heterocycles. The maximum atomic E-state index is 12.8. The highest BCUT2D eigenvalue weighted by atomic mass is 35.5. The molecule has 4 aromatic rings. The van der Waals surface area contributed by atoms with Gasteiger partial charge in [-0.15, -0.1) is 0 Å². The van der Waals surface area contributed by atoms with E-state index in [1.807, 2.05) is 62.5 Å². The van der Waals surface area contributed by atoms with E-state index in [0.29, 0.717) is 23.6 Å². The van der Waals surface area contributed by atoms with Gasteiger partial charge in [0.1, 0.15) is 5.65 Å². The van der Waals surface area contributed by atoms with Crippen molar-refractivity contribution in [3.8, 4) is 0 Å². The number of pyridine rings is 1. The Morgan fingerprint density at radius 3 is 2.83 bits per heavy atom. The van der Waals surface area contributed by atoms with Crippen LogP contribution in [0.1, 0.15) is 32.6 Å². The summed E-state index contributed by atoms with van der Waals surface area (Å²) in [7, 11) is 0. The number of hydrogen-bond acceptors (Lipinski definition) is 3. The zero-order valence-electron chi connectivity index (χ0n) is 16.4. The Kier molecular flexibility index (Phi) is 5.36. The van der Waals surface area contributed by atoms with Crippen molar-refractivity contribution < 1.29 is 4.79 Å². The van der Waals surface area contributed by atoms with Crippen molar-refractivity contribution in [1.82, 2.24) is 9.97 Å². The van der Waals surface area contributed by atoms with Crippen LogP contribution in [-0.4, -0.2) is 15.8 Å². The minimum Gasteiger partial charge on any atom is -0.381 e. The second-order valence-corrected chi connectivity index (χ2v) is 7.69. The summed E-state index contributed by atoms with van der Waals surface area (Å²) >= 11 is 6.52. The number of ketones is 1. The van der Waals surface area contributed by atoms with Crippen molar-refractivity contribution in [3.63, 3.8) is 0 Å². The van der Waals surface area contributed by atoms with Gasteiger partial charge in [-0.05, 0) is 37.1 Å². The molecule has 4 nitrogen and oxygen atoms in total. The van der Waals surface area contributed by atoms with Gasteiger partial charge < -0.3 is 10.3 Å². The van der Waals surface area contributed by atoms with Gasteiger partial charge in [0, 0.05) is 47.6 Å². The van der Waals surface area contributed by atoms with Gasteiger partial charge in [0.05, 0.1) is 5.02 Å². The smallest absolute Gasteiger partial charge is 0.167 e. The van der Waals surface area contributed by atoms with Crippen LogP contribution >= 0.6 is 11.6 Å². The predicted octanol–water partition coefficient (Wildman–Crippen LogP) is 5.87. The summed E-state index contributed by atoms with van der Waals surface area (Å²) < 4.78 is 0. The van der Waals surface area contributed by atoms with Crippen molar-refractivity contribution in [2.45, 2.75) is 26.8 Å². The number of aryl methyl sites for hydroxylation is 2. The van der Waals surface area contributed by atoms with Crippen LogP contribution in [0, 0.1) is 13.8 Å².